The number of aromatic nitrogens is 2. The molecule has 0 radical (unpaired) electrons. The van der Waals surface area contributed by atoms with Crippen molar-refractivity contribution < 1.29 is 9.47 Å². The Morgan fingerprint density at radius 3 is 2.61 bits per heavy atom. The molecule has 1 saturated heterocycles. The Bertz CT molecular complexity index is 1430. The van der Waals surface area contributed by atoms with E-state index in [1.54, 1.807) is 28.8 Å². The highest BCUT2D eigenvalue weighted by Crippen LogP contribution is 2.52. The van der Waals surface area contributed by atoms with Crippen molar-refractivity contribution in [3.63, 3.8) is 0 Å². The maximum absolute atomic E-state index is 13.6. The Labute approximate surface area is 183 Å². The first-order valence-corrected chi connectivity index (χ1v) is 10.3. The van der Waals surface area contributed by atoms with E-state index in [0.29, 0.717) is 27.4 Å². The summed E-state index contributed by atoms with van der Waals surface area (Å²) in [5, 5.41) is 0.734. The van der Waals surface area contributed by atoms with Gasteiger partial charge in [0.05, 0.1) is 28.2 Å². The maximum atomic E-state index is 13.6. The maximum Gasteiger partial charge on any atom is 0.267 e. The van der Waals surface area contributed by atoms with Crippen LogP contribution < -0.4 is 5.56 Å². The number of para-hydroxylation sites is 1. The van der Waals surface area contributed by atoms with Crippen molar-refractivity contribution in [3.05, 3.63) is 118 Å². The van der Waals surface area contributed by atoms with Crippen LogP contribution in [0.5, 0.6) is 0 Å². The fourth-order valence-corrected chi connectivity index (χ4v) is 4.80. The van der Waals surface area contributed by atoms with E-state index in [9.17, 15) is 4.79 Å². The summed E-state index contributed by atoms with van der Waals surface area (Å²) in [4.78, 5) is 18.4. The standard InChI is InChI=1S/C25H17ClN2O3/c1-2-24(16-9-4-3-5-10-16)15-30-25(31-24)17-11-6-7-14-20(17)28-22(29)21-18(26)12-8-13-19(21)27-23(25)28/h2-14H,1,15H2. The lowest BCUT2D eigenvalue weighted by molar-refractivity contribution is -0.159. The van der Waals surface area contributed by atoms with Crippen molar-refractivity contribution in [1.29, 1.82) is 0 Å². The zero-order chi connectivity index (χ0) is 21.2. The number of nitrogens with zero attached hydrogens (tertiary/aromatic N) is 2. The van der Waals surface area contributed by atoms with Crippen LogP contribution in [0.3, 0.4) is 0 Å². The Hall–Kier alpha value is -3.25. The van der Waals surface area contributed by atoms with E-state index < -0.39 is 11.4 Å². The van der Waals surface area contributed by atoms with E-state index in [0.717, 1.165) is 11.1 Å². The van der Waals surface area contributed by atoms with Gasteiger partial charge in [-0.15, -0.1) is 0 Å². The Balaban J connectivity index is 1.66. The van der Waals surface area contributed by atoms with Crippen LogP contribution in [0.1, 0.15) is 17.0 Å². The number of hydrogen-bond acceptors (Lipinski definition) is 4. The van der Waals surface area contributed by atoms with E-state index in [-0.39, 0.29) is 12.2 Å². The highest BCUT2D eigenvalue weighted by molar-refractivity contribution is 6.35. The van der Waals surface area contributed by atoms with Crippen molar-refractivity contribution in [2.75, 3.05) is 6.61 Å². The molecule has 31 heavy (non-hydrogen) atoms. The molecule has 1 spiro atoms. The zero-order valence-corrected chi connectivity index (χ0v) is 17.2. The molecule has 5 nitrogen and oxygen atoms in total. The molecule has 0 aliphatic carbocycles. The first kappa shape index (κ1) is 18.5. The molecule has 0 amide bonds. The summed E-state index contributed by atoms with van der Waals surface area (Å²) >= 11 is 6.36. The molecule has 2 unspecified atom stereocenters. The second-order valence-corrected chi connectivity index (χ2v) is 8.10. The number of benzene rings is 3. The lowest BCUT2D eigenvalue weighted by atomic mass is 9.95. The molecule has 3 aromatic carbocycles. The predicted molar refractivity (Wildman–Crippen MR) is 118 cm³/mol. The van der Waals surface area contributed by atoms with Gasteiger partial charge in [0.2, 0.25) is 0 Å². The van der Waals surface area contributed by atoms with Gasteiger partial charge in [0.25, 0.3) is 11.3 Å². The summed E-state index contributed by atoms with van der Waals surface area (Å²) in [7, 11) is 0. The van der Waals surface area contributed by atoms with Crippen LogP contribution in [0.15, 0.2) is 90.2 Å². The van der Waals surface area contributed by atoms with Crippen molar-refractivity contribution in [3.8, 4) is 5.69 Å². The summed E-state index contributed by atoms with van der Waals surface area (Å²) in [5.74, 6) is -0.954. The third-order valence-corrected chi connectivity index (χ3v) is 6.36. The highest BCUT2D eigenvalue weighted by atomic mass is 35.5. The Morgan fingerprint density at radius 1 is 1.03 bits per heavy atom. The van der Waals surface area contributed by atoms with Gasteiger partial charge < -0.3 is 9.47 Å². The molecule has 2 aliphatic rings. The normalized spacial score (nSPS) is 23.8. The first-order valence-electron chi connectivity index (χ1n) is 9.94. The quantitative estimate of drug-likeness (QED) is 0.435. The van der Waals surface area contributed by atoms with Crippen molar-refractivity contribution in [2.24, 2.45) is 0 Å². The molecule has 0 bridgehead atoms. The monoisotopic (exact) mass is 428 g/mol. The molecule has 6 heteroatoms. The topological polar surface area (TPSA) is 53.4 Å². The molecule has 6 rings (SSSR count). The van der Waals surface area contributed by atoms with Crippen molar-refractivity contribution in [2.45, 2.75) is 11.4 Å². The van der Waals surface area contributed by atoms with E-state index >= 15 is 0 Å². The molecule has 1 aromatic heterocycles. The SMILES string of the molecule is C=CC1(c2ccccc2)COC2(O1)c1ccccc1-n1c2nc2cccc(Cl)c2c1=O. The van der Waals surface area contributed by atoms with Gasteiger partial charge in [-0.2, -0.15) is 0 Å². The highest BCUT2D eigenvalue weighted by Gasteiger charge is 2.58. The second kappa shape index (κ2) is 6.37. The predicted octanol–water partition coefficient (Wildman–Crippen LogP) is 4.68. The first-order chi connectivity index (χ1) is 15.1. The Kier molecular flexibility index (Phi) is 3.81. The summed E-state index contributed by atoms with van der Waals surface area (Å²) in [6.07, 6.45) is 1.75. The van der Waals surface area contributed by atoms with Gasteiger partial charge in [0.1, 0.15) is 5.60 Å². The lowest BCUT2D eigenvalue weighted by Gasteiger charge is -2.28. The van der Waals surface area contributed by atoms with Crippen LogP contribution in [-0.2, 0) is 20.9 Å². The van der Waals surface area contributed by atoms with Gasteiger partial charge in [-0.05, 0) is 23.8 Å². The minimum absolute atomic E-state index is 0.234. The fourth-order valence-electron chi connectivity index (χ4n) is 4.55. The molecular weight excluding hydrogens is 412 g/mol. The summed E-state index contributed by atoms with van der Waals surface area (Å²) < 4.78 is 14.7. The van der Waals surface area contributed by atoms with Crippen LogP contribution in [-0.4, -0.2) is 16.2 Å². The van der Waals surface area contributed by atoms with E-state index in [1.165, 1.54) is 0 Å². The van der Waals surface area contributed by atoms with Gasteiger partial charge >= 0.3 is 0 Å². The van der Waals surface area contributed by atoms with Crippen molar-refractivity contribution in [1.82, 2.24) is 9.55 Å². The lowest BCUT2D eigenvalue weighted by Crippen LogP contribution is -2.34. The fraction of sp³-hybridized carbons (Fsp3) is 0.120. The summed E-state index contributed by atoms with van der Waals surface area (Å²) in [5.41, 5.74) is 1.68. The van der Waals surface area contributed by atoms with Gasteiger partial charge in [0, 0.05) is 5.56 Å². The van der Waals surface area contributed by atoms with Crippen LogP contribution in [0.2, 0.25) is 5.02 Å². The van der Waals surface area contributed by atoms with E-state index in [4.69, 9.17) is 26.1 Å². The van der Waals surface area contributed by atoms with Crippen LogP contribution in [0.4, 0.5) is 0 Å². The minimum atomic E-state index is -1.34. The third-order valence-electron chi connectivity index (χ3n) is 6.05. The van der Waals surface area contributed by atoms with Crippen LogP contribution in [0, 0.1) is 0 Å². The van der Waals surface area contributed by atoms with Crippen molar-refractivity contribution >= 4 is 22.5 Å². The van der Waals surface area contributed by atoms with E-state index in [1.807, 2.05) is 54.6 Å². The van der Waals surface area contributed by atoms with Gasteiger partial charge in [-0.1, -0.05) is 78.9 Å². The minimum Gasteiger partial charge on any atom is -0.336 e. The number of fused-ring (bicyclic) bond motifs is 6. The third kappa shape index (κ3) is 2.34. The number of hydrogen-bond donors (Lipinski definition) is 0. The molecule has 2 aliphatic heterocycles. The number of halogens is 1. The smallest absolute Gasteiger partial charge is 0.267 e. The number of rotatable bonds is 2. The molecule has 2 atom stereocenters. The van der Waals surface area contributed by atoms with Crippen LogP contribution >= 0.6 is 11.6 Å². The molecule has 0 N–H and O–H groups in total. The largest absolute Gasteiger partial charge is 0.336 e. The average Bonchev–Trinajstić information content (AvgIpc) is 3.33. The molecule has 152 valence electrons. The molecular formula is C25H17ClN2O3. The second-order valence-electron chi connectivity index (χ2n) is 7.69. The molecule has 1 fully saturated rings. The molecule has 0 saturated carbocycles. The zero-order valence-electron chi connectivity index (χ0n) is 16.4. The molecule has 3 heterocycles. The van der Waals surface area contributed by atoms with Crippen LogP contribution in [0.25, 0.3) is 16.6 Å². The summed E-state index contributed by atoms with van der Waals surface area (Å²) in [6, 6.07) is 22.6. The van der Waals surface area contributed by atoms with E-state index in [2.05, 4.69) is 6.58 Å². The average molecular weight is 429 g/mol. The Morgan fingerprint density at radius 2 is 1.81 bits per heavy atom. The number of ether oxygens (including phenoxy) is 2. The summed E-state index contributed by atoms with van der Waals surface area (Å²) in [6.45, 7) is 4.26. The molecule has 4 aromatic rings. The van der Waals surface area contributed by atoms with Gasteiger partial charge in [-0.3, -0.25) is 9.36 Å². The van der Waals surface area contributed by atoms with Gasteiger partial charge in [0.15, 0.2) is 5.82 Å². The van der Waals surface area contributed by atoms with Gasteiger partial charge in [-0.25, -0.2) is 4.98 Å².